The third kappa shape index (κ3) is 2.74. The fraction of sp³-hybridized carbons (Fsp3) is 0.417. The van der Waals surface area contributed by atoms with Gasteiger partial charge < -0.3 is 10.2 Å². The molecule has 0 spiro atoms. The summed E-state index contributed by atoms with van der Waals surface area (Å²) >= 11 is 0. The van der Waals surface area contributed by atoms with Crippen molar-refractivity contribution < 1.29 is 22.0 Å². The lowest BCUT2D eigenvalue weighted by atomic mass is 10.2. The van der Waals surface area contributed by atoms with Crippen molar-refractivity contribution in [2.45, 2.75) is 23.1 Å². The fourth-order valence-corrected chi connectivity index (χ4v) is 2.72. The number of amides is 1. The number of carbonyl (C=O) groups is 1. The molecule has 0 saturated carbocycles. The lowest BCUT2D eigenvalue weighted by molar-refractivity contribution is -0.127. The first-order valence-corrected chi connectivity index (χ1v) is 7.50. The molecule has 1 aromatic carbocycles. The molecule has 0 radical (unpaired) electrons. The van der Waals surface area contributed by atoms with Crippen LogP contribution in [-0.2, 0) is 14.6 Å². The Morgan fingerprint density at radius 2 is 1.90 bits per heavy atom. The van der Waals surface area contributed by atoms with Crippen LogP contribution in [0.15, 0.2) is 29.2 Å². The standard InChI is InChI=1S/C12H14F2N2O3S/c1-16-7-6-10(11(16)17)15-8-2-4-9(5-3-8)20(18,19)12(13)14/h2-5,10,12,15H,6-7H2,1H3. The summed E-state index contributed by atoms with van der Waals surface area (Å²) in [5.74, 6) is -3.49. The van der Waals surface area contributed by atoms with Crippen molar-refractivity contribution in [2.24, 2.45) is 0 Å². The van der Waals surface area contributed by atoms with Crippen LogP contribution < -0.4 is 5.32 Å². The van der Waals surface area contributed by atoms with Crippen molar-refractivity contribution in [3.8, 4) is 0 Å². The number of nitrogens with one attached hydrogen (secondary N) is 1. The van der Waals surface area contributed by atoms with E-state index in [0.29, 0.717) is 18.7 Å². The molecule has 8 heteroatoms. The highest BCUT2D eigenvalue weighted by Gasteiger charge is 2.29. The van der Waals surface area contributed by atoms with Gasteiger partial charge in [-0.3, -0.25) is 4.79 Å². The van der Waals surface area contributed by atoms with Gasteiger partial charge in [0.1, 0.15) is 6.04 Å². The summed E-state index contributed by atoms with van der Waals surface area (Å²) in [4.78, 5) is 12.8. The quantitative estimate of drug-likeness (QED) is 0.911. The maximum Gasteiger partial charge on any atom is 0.341 e. The smallest absolute Gasteiger partial charge is 0.341 e. The number of benzene rings is 1. The molecule has 1 aliphatic rings. The van der Waals surface area contributed by atoms with Gasteiger partial charge in [-0.25, -0.2) is 8.42 Å². The van der Waals surface area contributed by atoms with E-state index in [1.807, 2.05) is 0 Å². The van der Waals surface area contributed by atoms with Crippen LogP contribution in [0.3, 0.4) is 0 Å². The van der Waals surface area contributed by atoms with Crippen molar-refractivity contribution in [2.75, 3.05) is 18.9 Å². The van der Waals surface area contributed by atoms with Crippen LogP contribution >= 0.6 is 0 Å². The van der Waals surface area contributed by atoms with Crippen molar-refractivity contribution >= 4 is 21.4 Å². The zero-order valence-corrected chi connectivity index (χ0v) is 11.5. The minimum absolute atomic E-state index is 0.0470. The average molecular weight is 304 g/mol. The second kappa shape index (κ2) is 5.35. The topological polar surface area (TPSA) is 66.5 Å². The third-order valence-corrected chi connectivity index (χ3v) is 4.58. The van der Waals surface area contributed by atoms with Crippen LogP contribution in [0.2, 0.25) is 0 Å². The van der Waals surface area contributed by atoms with Gasteiger partial charge in [0.25, 0.3) is 0 Å². The molecule has 0 bridgehead atoms. The molecule has 2 rings (SSSR count). The predicted octanol–water partition coefficient (Wildman–Crippen LogP) is 1.33. The molecule has 1 unspecified atom stereocenters. The molecule has 1 aliphatic heterocycles. The normalized spacial score (nSPS) is 19.7. The number of carbonyl (C=O) groups excluding carboxylic acids is 1. The minimum atomic E-state index is -4.58. The van der Waals surface area contributed by atoms with Crippen molar-refractivity contribution in [1.29, 1.82) is 0 Å². The Morgan fingerprint density at radius 1 is 1.30 bits per heavy atom. The molecule has 0 aromatic heterocycles. The van der Waals surface area contributed by atoms with Gasteiger partial charge in [-0.05, 0) is 30.7 Å². The Balaban J connectivity index is 2.12. The van der Waals surface area contributed by atoms with E-state index in [1.54, 1.807) is 11.9 Å². The molecule has 1 saturated heterocycles. The van der Waals surface area contributed by atoms with E-state index >= 15 is 0 Å². The van der Waals surface area contributed by atoms with Crippen LogP contribution in [0.5, 0.6) is 0 Å². The number of anilines is 1. The number of likely N-dealkylation sites (N-methyl/N-ethyl adjacent to an activating group) is 1. The molecular formula is C12H14F2N2O3S. The minimum Gasteiger partial charge on any atom is -0.374 e. The van der Waals surface area contributed by atoms with E-state index in [-0.39, 0.29) is 11.9 Å². The Labute approximate surface area is 115 Å². The Morgan fingerprint density at radius 3 is 2.35 bits per heavy atom. The molecule has 1 N–H and O–H groups in total. The highest BCUT2D eigenvalue weighted by atomic mass is 32.2. The predicted molar refractivity (Wildman–Crippen MR) is 69.3 cm³/mol. The number of halogens is 2. The second-order valence-corrected chi connectivity index (χ2v) is 6.49. The number of hydrogen-bond donors (Lipinski definition) is 1. The van der Waals surface area contributed by atoms with Crippen LogP contribution in [-0.4, -0.2) is 44.6 Å². The largest absolute Gasteiger partial charge is 0.374 e. The van der Waals surface area contributed by atoms with Gasteiger partial charge in [-0.15, -0.1) is 0 Å². The third-order valence-electron chi connectivity index (χ3n) is 3.19. The number of sulfone groups is 1. The molecule has 110 valence electrons. The maximum atomic E-state index is 12.4. The van der Waals surface area contributed by atoms with Crippen LogP contribution in [0.25, 0.3) is 0 Å². The lowest BCUT2D eigenvalue weighted by Gasteiger charge is -2.13. The number of nitrogens with zero attached hydrogens (tertiary/aromatic N) is 1. The van der Waals surface area contributed by atoms with Crippen molar-refractivity contribution in [1.82, 2.24) is 4.90 Å². The lowest BCUT2D eigenvalue weighted by Crippen LogP contribution is -2.30. The molecule has 1 fully saturated rings. The van der Waals surface area contributed by atoms with E-state index in [0.717, 1.165) is 12.1 Å². The molecular weight excluding hydrogens is 290 g/mol. The van der Waals surface area contributed by atoms with E-state index < -0.39 is 20.5 Å². The SMILES string of the molecule is CN1CCC(Nc2ccc(S(=O)(=O)C(F)F)cc2)C1=O. The van der Waals surface area contributed by atoms with Crippen LogP contribution in [0, 0.1) is 0 Å². The fourth-order valence-electron chi connectivity index (χ4n) is 2.00. The number of alkyl halides is 2. The van der Waals surface area contributed by atoms with Crippen molar-refractivity contribution in [3.05, 3.63) is 24.3 Å². The Kier molecular flexibility index (Phi) is 3.94. The summed E-state index contributed by atoms with van der Waals surface area (Å²) in [6.07, 6.45) is 0.645. The molecule has 20 heavy (non-hydrogen) atoms. The molecule has 5 nitrogen and oxygen atoms in total. The van der Waals surface area contributed by atoms with Gasteiger partial charge in [0.2, 0.25) is 15.7 Å². The summed E-state index contributed by atoms with van der Waals surface area (Å²) in [7, 11) is -2.88. The number of likely N-dealkylation sites (tertiary alicyclic amines) is 1. The van der Waals surface area contributed by atoms with Gasteiger partial charge in [0, 0.05) is 19.3 Å². The molecule has 1 aromatic rings. The first-order valence-electron chi connectivity index (χ1n) is 5.96. The molecule has 1 amide bonds. The van der Waals surface area contributed by atoms with Gasteiger partial charge in [-0.2, -0.15) is 8.78 Å². The summed E-state index contributed by atoms with van der Waals surface area (Å²) in [5, 5.41) is 2.96. The number of hydrogen-bond acceptors (Lipinski definition) is 4. The molecule has 0 aliphatic carbocycles. The summed E-state index contributed by atoms with van der Waals surface area (Å²) in [5.41, 5.74) is 0.520. The molecule has 1 heterocycles. The maximum absolute atomic E-state index is 12.4. The zero-order valence-electron chi connectivity index (χ0n) is 10.7. The van der Waals surface area contributed by atoms with Gasteiger partial charge in [0.05, 0.1) is 4.90 Å². The highest BCUT2D eigenvalue weighted by molar-refractivity contribution is 7.91. The van der Waals surface area contributed by atoms with Crippen molar-refractivity contribution in [3.63, 3.8) is 0 Å². The second-order valence-electron chi connectivity index (χ2n) is 4.58. The van der Waals surface area contributed by atoms with Crippen LogP contribution in [0.4, 0.5) is 14.5 Å². The Hall–Kier alpha value is -1.70. The summed E-state index contributed by atoms with van der Waals surface area (Å²) < 4.78 is 47.2. The first-order chi connectivity index (χ1) is 9.32. The number of rotatable bonds is 4. The summed E-state index contributed by atoms with van der Waals surface area (Å²) in [6, 6.07) is 4.60. The summed E-state index contributed by atoms with van der Waals surface area (Å²) in [6.45, 7) is 0.647. The zero-order chi connectivity index (χ0) is 14.9. The van der Waals surface area contributed by atoms with Gasteiger partial charge in [-0.1, -0.05) is 0 Å². The monoisotopic (exact) mass is 304 g/mol. The molecule has 1 atom stereocenters. The van der Waals surface area contributed by atoms with E-state index in [1.165, 1.54) is 12.1 Å². The highest BCUT2D eigenvalue weighted by Crippen LogP contribution is 2.22. The van der Waals surface area contributed by atoms with Gasteiger partial charge >= 0.3 is 5.76 Å². The van der Waals surface area contributed by atoms with E-state index in [9.17, 15) is 22.0 Å². The van der Waals surface area contributed by atoms with Crippen LogP contribution in [0.1, 0.15) is 6.42 Å². The van der Waals surface area contributed by atoms with E-state index in [4.69, 9.17) is 0 Å². The first kappa shape index (κ1) is 14.7. The van der Waals surface area contributed by atoms with E-state index in [2.05, 4.69) is 5.32 Å². The Bertz CT molecular complexity index is 602. The van der Waals surface area contributed by atoms with Gasteiger partial charge in [0.15, 0.2) is 0 Å². The average Bonchev–Trinajstić information content (AvgIpc) is 2.71.